The zero-order chi connectivity index (χ0) is 12.8. The Bertz CT molecular complexity index is 412. The number of carbonyl (C=O) groups is 1. The molecule has 0 fully saturated rings. The number of nitrogens with zero attached hydrogens (tertiary/aromatic N) is 1. The molecule has 0 atom stereocenters. The maximum Gasteiger partial charge on any atom is 0.490 e. The van der Waals surface area contributed by atoms with Crippen molar-refractivity contribution in [1.82, 2.24) is 0 Å². The van der Waals surface area contributed by atoms with Crippen LogP contribution in [0.2, 0.25) is 5.02 Å². The van der Waals surface area contributed by atoms with Gasteiger partial charge in [0, 0.05) is 0 Å². The Morgan fingerprint density at radius 3 is 2.06 bits per heavy atom. The molecule has 7 heteroatoms. The molecule has 0 aliphatic heterocycles. The fourth-order valence-corrected chi connectivity index (χ4v) is 0.730. The van der Waals surface area contributed by atoms with Crippen molar-refractivity contribution in [1.29, 1.82) is 5.26 Å². The Balaban J connectivity index is 0.000000293. The van der Waals surface area contributed by atoms with Crippen LogP contribution in [0.4, 0.5) is 13.2 Å². The third-order valence-corrected chi connectivity index (χ3v) is 1.57. The average molecular weight is 252 g/mol. The van der Waals surface area contributed by atoms with Gasteiger partial charge in [0.2, 0.25) is 0 Å². The summed E-state index contributed by atoms with van der Waals surface area (Å²) in [6.07, 6.45) is -5.08. The maximum absolute atomic E-state index is 10.6. The zero-order valence-electron chi connectivity index (χ0n) is 7.62. The average Bonchev–Trinajstić information content (AvgIpc) is 2.18. The lowest BCUT2D eigenvalue weighted by molar-refractivity contribution is -0.192. The first-order chi connectivity index (χ1) is 7.29. The van der Waals surface area contributed by atoms with Crippen LogP contribution >= 0.6 is 11.6 Å². The number of alkyl halides is 3. The normalized spacial score (nSPS) is 9.69. The smallest absolute Gasteiger partial charge is 0.475 e. The van der Waals surface area contributed by atoms with Gasteiger partial charge in [-0.25, -0.2) is 4.79 Å². The highest BCUT2D eigenvalue weighted by molar-refractivity contribution is 6.31. The highest BCUT2D eigenvalue weighted by atomic mass is 35.5. The monoisotopic (exact) mass is 251 g/mol. The van der Waals surface area contributed by atoms with Crippen LogP contribution in [-0.2, 0) is 4.79 Å². The summed E-state index contributed by atoms with van der Waals surface area (Å²) in [7, 11) is 0. The van der Waals surface area contributed by atoms with E-state index in [0.29, 0.717) is 10.6 Å². The SMILES string of the molecule is N#Cc1ccccc1Cl.O=C(O)C(F)(F)F. The van der Waals surface area contributed by atoms with Crippen LogP contribution in [0.1, 0.15) is 5.56 Å². The van der Waals surface area contributed by atoms with E-state index in [2.05, 4.69) is 0 Å². The number of halogens is 4. The molecule has 16 heavy (non-hydrogen) atoms. The van der Waals surface area contributed by atoms with Crippen LogP contribution < -0.4 is 0 Å². The van der Waals surface area contributed by atoms with Crippen LogP contribution in [0.3, 0.4) is 0 Å². The van der Waals surface area contributed by atoms with E-state index < -0.39 is 12.1 Å². The van der Waals surface area contributed by atoms with Gasteiger partial charge in [-0.1, -0.05) is 23.7 Å². The van der Waals surface area contributed by atoms with Crippen molar-refractivity contribution in [3.8, 4) is 6.07 Å². The third-order valence-electron chi connectivity index (χ3n) is 1.24. The van der Waals surface area contributed by atoms with Crippen molar-refractivity contribution >= 4 is 17.6 Å². The number of carboxylic acid groups (broad SMARTS) is 1. The van der Waals surface area contributed by atoms with E-state index in [-0.39, 0.29) is 0 Å². The molecule has 0 heterocycles. The minimum atomic E-state index is -5.08. The molecule has 0 spiro atoms. The first-order valence-electron chi connectivity index (χ1n) is 3.73. The molecule has 1 aromatic carbocycles. The summed E-state index contributed by atoms with van der Waals surface area (Å²) in [6.45, 7) is 0. The summed E-state index contributed by atoms with van der Waals surface area (Å²) in [5, 5.41) is 16.0. The van der Waals surface area contributed by atoms with Crippen LogP contribution in [-0.4, -0.2) is 17.3 Å². The summed E-state index contributed by atoms with van der Waals surface area (Å²) in [5.74, 6) is -2.76. The van der Waals surface area contributed by atoms with Gasteiger partial charge in [-0.3, -0.25) is 0 Å². The summed E-state index contributed by atoms with van der Waals surface area (Å²) < 4.78 is 31.7. The fraction of sp³-hybridized carbons (Fsp3) is 0.111. The van der Waals surface area contributed by atoms with Gasteiger partial charge in [0.15, 0.2) is 0 Å². The van der Waals surface area contributed by atoms with Gasteiger partial charge < -0.3 is 5.11 Å². The Kier molecular flexibility index (Phi) is 5.33. The van der Waals surface area contributed by atoms with Crippen molar-refractivity contribution in [3.63, 3.8) is 0 Å². The van der Waals surface area contributed by atoms with E-state index in [9.17, 15) is 13.2 Å². The van der Waals surface area contributed by atoms with E-state index in [0.717, 1.165) is 0 Å². The van der Waals surface area contributed by atoms with E-state index in [1.165, 1.54) is 0 Å². The Labute approximate surface area is 93.7 Å². The van der Waals surface area contributed by atoms with Gasteiger partial charge in [-0.15, -0.1) is 0 Å². The number of nitriles is 1. The Morgan fingerprint density at radius 1 is 1.38 bits per heavy atom. The molecule has 0 saturated carbocycles. The maximum atomic E-state index is 10.6. The lowest BCUT2D eigenvalue weighted by Gasteiger charge is -1.93. The third kappa shape index (κ3) is 5.22. The Hall–Kier alpha value is -1.74. The van der Waals surface area contributed by atoms with Crippen molar-refractivity contribution in [2.45, 2.75) is 6.18 Å². The number of hydrogen-bond donors (Lipinski definition) is 1. The fourth-order valence-electron chi connectivity index (χ4n) is 0.552. The molecule has 0 aliphatic carbocycles. The molecule has 0 unspecified atom stereocenters. The van der Waals surface area contributed by atoms with Gasteiger partial charge in [-0.2, -0.15) is 18.4 Å². The van der Waals surface area contributed by atoms with Crippen molar-refractivity contribution < 1.29 is 23.1 Å². The largest absolute Gasteiger partial charge is 0.490 e. The standard InChI is InChI=1S/C7H4ClN.C2HF3O2/c8-7-4-2-1-3-6(7)5-9;3-2(4,5)1(6)7/h1-4H;(H,6,7). The molecule has 0 saturated heterocycles. The molecular formula is C9H5ClF3NO2. The van der Waals surface area contributed by atoms with Crippen LogP contribution in [0, 0.1) is 11.3 Å². The highest BCUT2D eigenvalue weighted by Crippen LogP contribution is 2.13. The molecule has 0 radical (unpaired) electrons. The van der Waals surface area contributed by atoms with Gasteiger partial charge in [-0.05, 0) is 12.1 Å². The number of aliphatic carboxylic acids is 1. The molecule has 86 valence electrons. The summed E-state index contributed by atoms with van der Waals surface area (Å²) in [5.41, 5.74) is 0.527. The molecule has 1 rings (SSSR count). The summed E-state index contributed by atoms with van der Waals surface area (Å²) in [4.78, 5) is 8.90. The first-order valence-corrected chi connectivity index (χ1v) is 4.11. The van der Waals surface area contributed by atoms with E-state index in [4.69, 9.17) is 26.8 Å². The van der Waals surface area contributed by atoms with E-state index in [1.54, 1.807) is 24.3 Å². The summed E-state index contributed by atoms with van der Waals surface area (Å²) in [6, 6.07) is 8.92. The van der Waals surface area contributed by atoms with Crippen molar-refractivity contribution in [3.05, 3.63) is 34.9 Å². The molecule has 1 aromatic rings. The minimum absolute atomic E-state index is 0.514. The number of rotatable bonds is 0. The number of carboxylic acids is 1. The van der Waals surface area contributed by atoms with Crippen LogP contribution in [0.5, 0.6) is 0 Å². The number of benzene rings is 1. The lowest BCUT2D eigenvalue weighted by atomic mass is 10.2. The lowest BCUT2D eigenvalue weighted by Crippen LogP contribution is -2.21. The molecular weight excluding hydrogens is 247 g/mol. The van der Waals surface area contributed by atoms with E-state index >= 15 is 0 Å². The quantitative estimate of drug-likeness (QED) is 0.771. The zero-order valence-corrected chi connectivity index (χ0v) is 8.38. The molecule has 0 aromatic heterocycles. The molecule has 0 aliphatic rings. The van der Waals surface area contributed by atoms with Crippen molar-refractivity contribution in [2.75, 3.05) is 0 Å². The van der Waals surface area contributed by atoms with Crippen LogP contribution in [0.25, 0.3) is 0 Å². The van der Waals surface area contributed by atoms with Gasteiger partial charge >= 0.3 is 12.1 Å². The van der Waals surface area contributed by atoms with Gasteiger partial charge in [0.25, 0.3) is 0 Å². The molecule has 3 nitrogen and oxygen atoms in total. The molecule has 1 N–H and O–H groups in total. The number of hydrogen-bond acceptors (Lipinski definition) is 2. The topological polar surface area (TPSA) is 61.1 Å². The second kappa shape index (κ2) is 5.98. The predicted octanol–water partition coefficient (Wildman–Crippen LogP) is 2.84. The van der Waals surface area contributed by atoms with Gasteiger partial charge in [0.05, 0.1) is 10.6 Å². The Morgan fingerprint density at radius 2 is 1.81 bits per heavy atom. The second-order valence-electron chi connectivity index (χ2n) is 2.39. The second-order valence-corrected chi connectivity index (χ2v) is 2.80. The minimum Gasteiger partial charge on any atom is -0.475 e. The van der Waals surface area contributed by atoms with E-state index in [1.807, 2.05) is 6.07 Å². The predicted molar refractivity (Wildman–Crippen MR) is 49.9 cm³/mol. The van der Waals surface area contributed by atoms with Gasteiger partial charge in [0.1, 0.15) is 6.07 Å². The van der Waals surface area contributed by atoms with Crippen molar-refractivity contribution in [2.24, 2.45) is 0 Å². The molecule has 0 bridgehead atoms. The summed E-state index contributed by atoms with van der Waals surface area (Å²) >= 11 is 5.60. The van der Waals surface area contributed by atoms with Crippen LogP contribution in [0.15, 0.2) is 24.3 Å². The first kappa shape index (κ1) is 14.3. The molecule has 0 amide bonds. The highest BCUT2D eigenvalue weighted by Gasteiger charge is 2.38.